The standard InChI is InChI=1S/C54H30O9/c1-6-8-10-12-14-16-18-20-22-24-26-28-30-32-34-36-50(56)60-43-49(44-61-51(57)37-35-33-31-29-27-25-23-21-19-17-15-13-11-9-7-2)62-52(58)38-45(3)39-53(59)63-54-46(4)40-48(42-55)41-47(54)5/h40-41,45,49,55H,38-39,42-44H2,1-5H3. The molecule has 0 amide bonds. The van der Waals surface area contributed by atoms with Crippen LogP contribution in [0.4, 0.5) is 0 Å². The van der Waals surface area contributed by atoms with Crippen molar-refractivity contribution in [3.8, 4) is 195 Å². The third-order valence-corrected chi connectivity index (χ3v) is 6.25. The maximum atomic E-state index is 12.9. The second-order valence-corrected chi connectivity index (χ2v) is 11.3. The van der Waals surface area contributed by atoms with E-state index < -0.39 is 49.1 Å². The van der Waals surface area contributed by atoms with Crippen LogP contribution in [0, 0.1) is 209 Å². The number of aryl methyl sites for hydroxylation is 2. The lowest BCUT2D eigenvalue weighted by Crippen LogP contribution is -2.31. The number of ether oxygens (including phenoxy) is 4. The summed E-state index contributed by atoms with van der Waals surface area (Å²) >= 11 is 0. The number of hydrogen-bond donors (Lipinski definition) is 1. The minimum absolute atomic E-state index is 0.143. The average Bonchev–Trinajstić information content (AvgIpc) is 3.25. The fourth-order valence-corrected chi connectivity index (χ4v) is 3.89. The van der Waals surface area contributed by atoms with E-state index in [1.165, 1.54) is 0 Å². The van der Waals surface area contributed by atoms with Crippen LogP contribution in [0.5, 0.6) is 5.75 Å². The van der Waals surface area contributed by atoms with Gasteiger partial charge in [-0.25, -0.2) is 9.59 Å². The quantitative estimate of drug-likeness (QED) is 0.118. The molecule has 0 saturated carbocycles. The Bertz CT molecular complexity index is 2840. The lowest BCUT2D eigenvalue weighted by molar-refractivity contribution is -0.164. The monoisotopic (exact) mass is 822 g/mol. The summed E-state index contributed by atoms with van der Waals surface area (Å²) < 4.78 is 21.1. The molecular formula is C54H30O9. The average molecular weight is 823 g/mol. The van der Waals surface area contributed by atoms with E-state index in [0.717, 1.165) is 0 Å². The summed E-state index contributed by atoms with van der Waals surface area (Å²) in [7, 11) is 0. The van der Waals surface area contributed by atoms with Gasteiger partial charge in [0.25, 0.3) is 0 Å². The van der Waals surface area contributed by atoms with Crippen molar-refractivity contribution in [2.75, 3.05) is 13.2 Å². The van der Waals surface area contributed by atoms with E-state index in [2.05, 4.69) is 189 Å². The maximum Gasteiger partial charge on any atom is 0.385 e. The third-order valence-electron chi connectivity index (χ3n) is 6.25. The zero-order valence-corrected chi connectivity index (χ0v) is 34.6. The molecule has 1 aromatic rings. The molecule has 0 saturated heterocycles. The summed E-state index contributed by atoms with van der Waals surface area (Å²) in [6.07, 6.45) is -1.67. The number of aliphatic hydroxyl groups is 1. The first-order valence-corrected chi connectivity index (χ1v) is 17.9. The molecule has 0 aliphatic carbocycles. The summed E-state index contributed by atoms with van der Waals surface area (Å²) in [4.78, 5) is 50.1. The van der Waals surface area contributed by atoms with Gasteiger partial charge < -0.3 is 24.1 Å². The lowest BCUT2D eigenvalue weighted by Gasteiger charge is -2.18. The first kappa shape index (κ1) is 51.0. The van der Waals surface area contributed by atoms with Gasteiger partial charge in [0, 0.05) is 24.7 Å². The van der Waals surface area contributed by atoms with Crippen LogP contribution in [0.3, 0.4) is 0 Å². The lowest BCUT2D eigenvalue weighted by atomic mass is 10.0. The minimum atomic E-state index is -1.29. The fourth-order valence-electron chi connectivity index (χ4n) is 3.89. The predicted octanol–water partition coefficient (Wildman–Crippen LogP) is 2.21. The fraction of sp³-hybridized carbons (Fsp3) is 0.222. The number of carbonyl (C=O) groups is 4. The molecule has 0 aliphatic heterocycles. The highest BCUT2D eigenvalue weighted by atomic mass is 16.6. The van der Waals surface area contributed by atoms with Gasteiger partial charge in [-0.1, -0.05) is 30.9 Å². The highest BCUT2D eigenvalue weighted by molar-refractivity contribution is 5.89. The van der Waals surface area contributed by atoms with Crippen LogP contribution in [0.1, 0.15) is 50.3 Å². The van der Waals surface area contributed by atoms with Crippen molar-refractivity contribution in [1.82, 2.24) is 0 Å². The van der Waals surface area contributed by atoms with Gasteiger partial charge >= 0.3 is 23.9 Å². The van der Waals surface area contributed by atoms with E-state index in [1.54, 1.807) is 46.8 Å². The highest BCUT2D eigenvalue weighted by Gasteiger charge is 2.22. The van der Waals surface area contributed by atoms with Crippen LogP contribution in [0.2, 0.25) is 0 Å². The van der Waals surface area contributed by atoms with E-state index in [4.69, 9.17) is 18.9 Å². The van der Waals surface area contributed by atoms with Gasteiger partial charge in [-0.05, 0) is 216 Å². The van der Waals surface area contributed by atoms with Gasteiger partial charge in [0.1, 0.15) is 19.0 Å². The van der Waals surface area contributed by atoms with Gasteiger partial charge in [-0.3, -0.25) is 9.59 Å². The smallest absolute Gasteiger partial charge is 0.385 e. The third kappa shape index (κ3) is 28.1. The summed E-state index contributed by atoms with van der Waals surface area (Å²) in [6.45, 7) is 7.14. The van der Waals surface area contributed by atoms with Crippen LogP contribution in [0.15, 0.2) is 12.1 Å². The van der Waals surface area contributed by atoms with Crippen LogP contribution < -0.4 is 4.74 Å². The molecule has 300 valence electrons. The Kier molecular flexibility index (Phi) is 27.6. The van der Waals surface area contributed by atoms with Crippen molar-refractivity contribution in [3.05, 3.63) is 28.8 Å². The Morgan fingerprint density at radius 2 is 0.825 bits per heavy atom. The Balaban J connectivity index is 2.93. The van der Waals surface area contributed by atoms with Crippen molar-refractivity contribution < 1.29 is 43.2 Å². The second-order valence-electron chi connectivity index (χ2n) is 11.3. The van der Waals surface area contributed by atoms with Gasteiger partial charge in [0.15, 0.2) is 6.10 Å². The van der Waals surface area contributed by atoms with Crippen LogP contribution in [0.25, 0.3) is 0 Å². The van der Waals surface area contributed by atoms with Gasteiger partial charge in [0.2, 0.25) is 0 Å². The Hall–Kier alpha value is -9.98. The maximum absolute atomic E-state index is 12.9. The number of aliphatic hydroxyl groups excluding tert-OH is 1. The summed E-state index contributed by atoms with van der Waals surface area (Å²) in [5.41, 5.74) is 1.99. The highest BCUT2D eigenvalue weighted by Crippen LogP contribution is 2.26. The SMILES string of the molecule is CC#CC#CC#CC#CC#CC#CC#CC#CC(=O)OCC(COC(=O)C#CC#CC#CC#CC#CC#CC#CC#CC)OC(=O)CC(C)CC(=O)Oc1c(C)cc(CO)cc1C. The van der Waals surface area contributed by atoms with Crippen LogP contribution in [-0.2, 0) is 40.0 Å². The van der Waals surface area contributed by atoms with Crippen LogP contribution in [-0.4, -0.2) is 48.3 Å². The van der Waals surface area contributed by atoms with E-state index >= 15 is 0 Å². The molecule has 9 nitrogen and oxygen atoms in total. The molecule has 0 radical (unpaired) electrons. The van der Waals surface area contributed by atoms with Gasteiger partial charge in [-0.2, -0.15) is 0 Å². The topological polar surface area (TPSA) is 125 Å². The molecule has 1 atom stereocenters. The van der Waals surface area contributed by atoms with Gasteiger partial charge in [-0.15, -0.1) is 0 Å². The zero-order chi connectivity index (χ0) is 46.2. The Morgan fingerprint density at radius 3 is 1.16 bits per heavy atom. The van der Waals surface area contributed by atoms with Gasteiger partial charge in [0.05, 0.1) is 6.61 Å². The summed E-state index contributed by atoms with van der Waals surface area (Å²) in [6, 6.07) is 3.41. The number of carbonyl (C=O) groups excluding carboxylic acids is 4. The first-order chi connectivity index (χ1) is 30.6. The van der Waals surface area contributed by atoms with E-state index in [1.807, 2.05) is 0 Å². The number of esters is 4. The molecule has 1 unspecified atom stereocenters. The molecule has 1 aromatic carbocycles. The van der Waals surface area contributed by atoms with E-state index in [0.29, 0.717) is 22.4 Å². The molecule has 1 rings (SSSR count). The molecule has 1 N–H and O–H groups in total. The van der Waals surface area contributed by atoms with Crippen molar-refractivity contribution in [2.45, 2.75) is 60.2 Å². The second kappa shape index (κ2) is 34.1. The molecule has 0 fully saturated rings. The Labute approximate surface area is 369 Å². The van der Waals surface area contributed by atoms with Crippen molar-refractivity contribution in [2.24, 2.45) is 5.92 Å². The Morgan fingerprint density at radius 1 is 0.508 bits per heavy atom. The molecule has 63 heavy (non-hydrogen) atoms. The minimum Gasteiger partial charge on any atom is -0.455 e. The number of benzene rings is 1. The molecule has 0 aromatic heterocycles. The van der Waals surface area contributed by atoms with Crippen molar-refractivity contribution in [3.63, 3.8) is 0 Å². The van der Waals surface area contributed by atoms with Crippen molar-refractivity contribution >= 4 is 23.9 Å². The van der Waals surface area contributed by atoms with E-state index in [-0.39, 0.29) is 19.4 Å². The summed E-state index contributed by atoms with van der Waals surface area (Å²) in [5, 5.41) is 9.42. The molecular weight excluding hydrogens is 793 g/mol. The zero-order valence-electron chi connectivity index (χ0n) is 34.6. The molecule has 0 heterocycles. The van der Waals surface area contributed by atoms with E-state index in [9.17, 15) is 24.3 Å². The molecule has 0 spiro atoms. The molecule has 0 aliphatic rings. The first-order valence-electron chi connectivity index (χ1n) is 17.9. The number of hydrogen-bond acceptors (Lipinski definition) is 9. The predicted molar refractivity (Wildman–Crippen MR) is 233 cm³/mol. The number of rotatable bonds is 11. The van der Waals surface area contributed by atoms with Crippen molar-refractivity contribution in [1.29, 1.82) is 0 Å². The largest absolute Gasteiger partial charge is 0.455 e. The van der Waals surface area contributed by atoms with Crippen LogP contribution >= 0.6 is 0 Å². The molecule has 9 heteroatoms. The molecule has 0 bridgehead atoms. The normalized spacial score (nSPS) is 7.73. The summed E-state index contributed by atoms with van der Waals surface area (Å²) in [5.74, 6) is 74.0.